The highest BCUT2D eigenvalue weighted by atomic mass is 79.9. The summed E-state index contributed by atoms with van der Waals surface area (Å²) in [7, 11) is 0. The van der Waals surface area contributed by atoms with Crippen molar-refractivity contribution < 1.29 is 4.74 Å². The predicted octanol–water partition coefficient (Wildman–Crippen LogP) is 5.70. The van der Waals surface area contributed by atoms with Crippen molar-refractivity contribution in [2.75, 3.05) is 12.3 Å². The maximum Gasteiger partial charge on any atom is 0.214 e. The Morgan fingerprint density at radius 1 is 0.970 bits per heavy atom. The number of nitrogens with one attached hydrogen (secondary N) is 1. The molecule has 9 heteroatoms. The normalized spacial score (nSPS) is 10.6. The van der Waals surface area contributed by atoms with Crippen LogP contribution < -0.4 is 10.1 Å². The van der Waals surface area contributed by atoms with Crippen molar-refractivity contribution in [1.29, 1.82) is 0 Å². The molecule has 1 N–H and O–H groups in total. The zero-order valence-electron chi connectivity index (χ0n) is 17.9. The van der Waals surface area contributed by atoms with Crippen molar-refractivity contribution in [3.05, 3.63) is 94.5 Å². The van der Waals surface area contributed by atoms with Gasteiger partial charge in [-0.25, -0.2) is 0 Å². The number of para-hydroxylation sites is 1. The minimum Gasteiger partial charge on any atom is -0.489 e. The lowest BCUT2D eigenvalue weighted by Crippen LogP contribution is -2.16. The summed E-state index contributed by atoms with van der Waals surface area (Å²) in [6.45, 7) is 2.20. The third-order valence-corrected chi connectivity index (χ3v) is 6.24. The van der Waals surface area contributed by atoms with Crippen LogP contribution in [-0.2, 0) is 13.2 Å². The molecule has 0 aliphatic heterocycles. The summed E-state index contributed by atoms with van der Waals surface area (Å²) in [6, 6.07) is 26.3. The van der Waals surface area contributed by atoms with Crippen LogP contribution in [-0.4, -0.2) is 32.5 Å². The van der Waals surface area contributed by atoms with E-state index in [0.29, 0.717) is 6.61 Å². The van der Waals surface area contributed by atoms with Gasteiger partial charge in [0.25, 0.3) is 0 Å². The number of ether oxygens (including phenoxy) is 1. The molecule has 0 bridgehead atoms. The fourth-order valence-electron chi connectivity index (χ4n) is 3.15. The van der Waals surface area contributed by atoms with Gasteiger partial charge in [-0.1, -0.05) is 76.2 Å². The molecule has 0 fully saturated rings. The molecular weight excluding hydrogens is 522 g/mol. The van der Waals surface area contributed by atoms with Gasteiger partial charge < -0.3 is 10.1 Å². The summed E-state index contributed by atoms with van der Waals surface area (Å²) < 4.78 is 8.89. The molecule has 0 aliphatic rings. The molecule has 0 saturated carbocycles. The molecule has 1 aromatic heterocycles. The molecule has 0 atom stereocenters. The Hall–Kier alpha value is -2.39. The highest BCUT2D eigenvalue weighted by Gasteiger charge is 2.09. The maximum absolute atomic E-state index is 6.07. The Balaban J connectivity index is 0.00000306. The van der Waals surface area contributed by atoms with Crippen LogP contribution in [0.3, 0.4) is 0 Å². The van der Waals surface area contributed by atoms with E-state index in [1.54, 1.807) is 16.4 Å². The third kappa shape index (κ3) is 7.57. The molecule has 0 unspecified atom stereocenters. The quantitative estimate of drug-likeness (QED) is 0.192. The third-order valence-electron chi connectivity index (χ3n) is 4.75. The van der Waals surface area contributed by atoms with Gasteiger partial charge in [0.1, 0.15) is 12.4 Å². The first-order valence-electron chi connectivity index (χ1n) is 10.4. The second kappa shape index (κ2) is 13.3. The number of nitrogens with zero attached hydrogens (tertiary/aromatic N) is 4. The Labute approximate surface area is 212 Å². The van der Waals surface area contributed by atoms with Gasteiger partial charge in [0.2, 0.25) is 5.16 Å². The van der Waals surface area contributed by atoms with Gasteiger partial charge >= 0.3 is 0 Å². The van der Waals surface area contributed by atoms with Crippen molar-refractivity contribution in [2.45, 2.75) is 24.7 Å². The smallest absolute Gasteiger partial charge is 0.214 e. The van der Waals surface area contributed by atoms with E-state index in [0.717, 1.165) is 57.5 Å². The topological polar surface area (TPSA) is 64.9 Å². The Kier molecular flexibility index (Phi) is 10.2. The van der Waals surface area contributed by atoms with Gasteiger partial charge in [0, 0.05) is 22.3 Å². The van der Waals surface area contributed by atoms with Gasteiger partial charge in [-0.15, -0.1) is 17.5 Å². The number of aromatic nitrogens is 4. The van der Waals surface area contributed by atoms with Crippen LogP contribution in [0, 0.1) is 0 Å². The van der Waals surface area contributed by atoms with Gasteiger partial charge in [-0.3, -0.25) is 0 Å². The standard InChI is InChI=1S/C24H24BrN5OS.ClH/c25-21-12-13-23(31-18-19-8-3-1-4-9-19)20(16-21)17-26-14-7-15-32-24-27-28-29-30(24)22-10-5-2-6-11-22;/h1-6,8-13,16,26H,7,14-15,17-18H2;1H. The fraction of sp³-hybridized carbons (Fsp3) is 0.208. The lowest BCUT2D eigenvalue weighted by molar-refractivity contribution is 0.302. The van der Waals surface area contributed by atoms with E-state index in [1.165, 1.54) is 0 Å². The van der Waals surface area contributed by atoms with Crippen LogP contribution >= 0.6 is 40.1 Å². The van der Waals surface area contributed by atoms with Crippen LogP contribution in [0.4, 0.5) is 0 Å². The first kappa shape index (κ1) is 25.2. The number of thioether (sulfide) groups is 1. The molecule has 172 valence electrons. The van der Waals surface area contributed by atoms with Crippen LogP contribution in [0.2, 0.25) is 0 Å². The van der Waals surface area contributed by atoms with E-state index < -0.39 is 0 Å². The van der Waals surface area contributed by atoms with Gasteiger partial charge in [0.05, 0.1) is 5.69 Å². The monoisotopic (exact) mass is 545 g/mol. The predicted molar refractivity (Wildman–Crippen MR) is 138 cm³/mol. The van der Waals surface area contributed by atoms with Crippen molar-refractivity contribution in [1.82, 2.24) is 25.5 Å². The molecular formula is C24H25BrClN5OS. The molecule has 4 aromatic rings. The van der Waals surface area contributed by atoms with Crippen LogP contribution in [0.5, 0.6) is 5.75 Å². The molecule has 4 rings (SSSR count). The SMILES string of the molecule is Brc1ccc(OCc2ccccc2)c(CNCCCSc2nnnn2-c2ccccc2)c1.Cl. The summed E-state index contributed by atoms with van der Waals surface area (Å²) in [5.41, 5.74) is 3.26. The largest absolute Gasteiger partial charge is 0.489 e. The van der Waals surface area contributed by atoms with Crippen LogP contribution in [0.15, 0.2) is 88.5 Å². The maximum atomic E-state index is 6.07. The summed E-state index contributed by atoms with van der Waals surface area (Å²) in [5.74, 6) is 1.83. The summed E-state index contributed by atoms with van der Waals surface area (Å²) >= 11 is 5.23. The number of hydrogen-bond acceptors (Lipinski definition) is 6. The Bertz CT molecular complexity index is 1110. The highest BCUT2D eigenvalue weighted by molar-refractivity contribution is 9.10. The van der Waals surface area contributed by atoms with Gasteiger partial charge in [-0.05, 0) is 59.3 Å². The summed E-state index contributed by atoms with van der Waals surface area (Å²) in [6.07, 6.45) is 1.00. The van der Waals surface area contributed by atoms with E-state index in [1.807, 2.05) is 60.7 Å². The lowest BCUT2D eigenvalue weighted by Gasteiger charge is -2.13. The van der Waals surface area contributed by atoms with Gasteiger partial charge in [0.15, 0.2) is 0 Å². The average Bonchev–Trinajstić information content (AvgIpc) is 3.30. The van der Waals surface area contributed by atoms with Crippen molar-refractivity contribution in [2.24, 2.45) is 0 Å². The molecule has 0 amide bonds. The molecule has 33 heavy (non-hydrogen) atoms. The van der Waals surface area contributed by atoms with E-state index in [9.17, 15) is 0 Å². The molecule has 6 nitrogen and oxygen atoms in total. The van der Waals surface area contributed by atoms with E-state index in [-0.39, 0.29) is 12.4 Å². The molecule has 0 aliphatic carbocycles. The van der Waals surface area contributed by atoms with E-state index >= 15 is 0 Å². The molecule has 0 saturated heterocycles. The van der Waals surface area contributed by atoms with Crippen molar-refractivity contribution in [3.8, 4) is 11.4 Å². The Morgan fingerprint density at radius 2 is 1.73 bits per heavy atom. The van der Waals surface area contributed by atoms with Crippen LogP contribution in [0.1, 0.15) is 17.5 Å². The first-order valence-corrected chi connectivity index (χ1v) is 12.2. The fourth-order valence-corrected chi connectivity index (χ4v) is 4.38. The number of benzene rings is 3. The van der Waals surface area contributed by atoms with Crippen LogP contribution in [0.25, 0.3) is 5.69 Å². The molecule has 0 spiro atoms. The minimum atomic E-state index is 0. The lowest BCUT2D eigenvalue weighted by atomic mass is 10.2. The average molecular weight is 547 g/mol. The summed E-state index contributed by atoms with van der Waals surface area (Å²) in [5, 5.41) is 16.4. The molecule has 0 radical (unpaired) electrons. The van der Waals surface area contributed by atoms with Crippen molar-refractivity contribution >= 4 is 40.1 Å². The zero-order chi connectivity index (χ0) is 22.0. The second-order valence-corrected chi connectivity index (χ2v) is 9.09. The van der Waals surface area contributed by atoms with Gasteiger partial charge in [-0.2, -0.15) is 4.68 Å². The second-order valence-electron chi connectivity index (χ2n) is 7.11. The summed E-state index contributed by atoms with van der Waals surface area (Å²) in [4.78, 5) is 0. The number of rotatable bonds is 11. The van der Waals surface area contributed by atoms with E-state index in [2.05, 4.69) is 55.0 Å². The van der Waals surface area contributed by atoms with Crippen molar-refractivity contribution in [3.63, 3.8) is 0 Å². The first-order chi connectivity index (χ1) is 15.8. The number of hydrogen-bond donors (Lipinski definition) is 1. The Morgan fingerprint density at radius 3 is 2.52 bits per heavy atom. The molecule has 1 heterocycles. The molecule has 3 aromatic carbocycles. The zero-order valence-corrected chi connectivity index (χ0v) is 21.2. The number of halogens is 2. The highest BCUT2D eigenvalue weighted by Crippen LogP contribution is 2.24. The minimum absolute atomic E-state index is 0. The van der Waals surface area contributed by atoms with E-state index in [4.69, 9.17) is 4.74 Å². The number of tetrazole rings is 1.